The summed E-state index contributed by atoms with van der Waals surface area (Å²) in [5, 5.41) is 0. The minimum atomic E-state index is -2.87. The van der Waals surface area contributed by atoms with Crippen LogP contribution in [0.3, 0.4) is 0 Å². The first-order valence-electron chi connectivity index (χ1n) is 9.29. The molecule has 0 spiro atoms. The molecule has 0 fully saturated rings. The van der Waals surface area contributed by atoms with Gasteiger partial charge in [-0.25, -0.2) is 0 Å². The van der Waals surface area contributed by atoms with E-state index in [9.17, 15) is 18.4 Å². The number of hydrogen-bond acceptors (Lipinski definition) is 4. The average Bonchev–Trinajstić information content (AvgIpc) is 2.93. The standard InChI is InChI=1S/C21H24F2N2O3/c1-11-18(14(4)26)12(2)24-19(11)20(27)13(3)25-9-5-6-15-10-16(28-21(22)23)7-8-17(15)25/h7-8,10,13,21,24H,5-6,9H2,1-4H3/t13-/m1/s1. The molecule has 1 aliphatic heterocycles. The molecule has 0 radical (unpaired) electrons. The minimum absolute atomic E-state index is 0.0761. The summed E-state index contributed by atoms with van der Waals surface area (Å²) in [4.78, 5) is 30.1. The van der Waals surface area contributed by atoms with Crippen molar-refractivity contribution in [2.24, 2.45) is 0 Å². The van der Waals surface area contributed by atoms with Crippen LogP contribution in [0.4, 0.5) is 14.5 Å². The van der Waals surface area contributed by atoms with Crippen molar-refractivity contribution >= 4 is 17.3 Å². The van der Waals surface area contributed by atoms with Gasteiger partial charge in [-0.05, 0) is 69.9 Å². The number of rotatable bonds is 6. The molecular formula is C21H24F2N2O3. The van der Waals surface area contributed by atoms with Crippen molar-refractivity contribution in [1.29, 1.82) is 0 Å². The van der Waals surface area contributed by atoms with Crippen molar-refractivity contribution in [2.45, 2.75) is 53.2 Å². The number of halogens is 2. The second-order valence-electron chi connectivity index (χ2n) is 7.19. The molecule has 150 valence electrons. The lowest BCUT2D eigenvalue weighted by atomic mass is 9.97. The van der Waals surface area contributed by atoms with E-state index in [0.29, 0.717) is 29.1 Å². The van der Waals surface area contributed by atoms with Gasteiger partial charge in [-0.2, -0.15) is 8.78 Å². The van der Waals surface area contributed by atoms with E-state index in [0.717, 1.165) is 24.1 Å². The van der Waals surface area contributed by atoms with Crippen molar-refractivity contribution in [3.63, 3.8) is 0 Å². The number of carbonyl (C=O) groups excluding carboxylic acids is 2. The maximum atomic E-state index is 13.2. The van der Waals surface area contributed by atoms with Crippen LogP contribution in [-0.2, 0) is 6.42 Å². The summed E-state index contributed by atoms with van der Waals surface area (Å²) in [6, 6.07) is 4.38. The summed E-state index contributed by atoms with van der Waals surface area (Å²) in [6.45, 7) is 4.69. The van der Waals surface area contributed by atoms with Crippen molar-refractivity contribution in [3.8, 4) is 5.75 Å². The molecule has 5 nitrogen and oxygen atoms in total. The van der Waals surface area contributed by atoms with Gasteiger partial charge < -0.3 is 14.6 Å². The van der Waals surface area contributed by atoms with Crippen LogP contribution in [0.2, 0.25) is 0 Å². The van der Waals surface area contributed by atoms with Gasteiger partial charge in [0.15, 0.2) is 5.78 Å². The molecule has 0 aliphatic carbocycles. The molecule has 0 unspecified atom stereocenters. The molecule has 1 aliphatic rings. The number of carbonyl (C=O) groups is 2. The average molecular weight is 390 g/mol. The Hall–Kier alpha value is -2.70. The highest BCUT2D eigenvalue weighted by atomic mass is 19.3. The fourth-order valence-corrected chi connectivity index (χ4v) is 4.06. The molecule has 0 saturated heterocycles. The minimum Gasteiger partial charge on any atom is -0.435 e. The maximum Gasteiger partial charge on any atom is 0.387 e. The number of hydrogen-bond donors (Lipinski definition) is 1. The predicted octanol–water partition coefficient (Wildman–Crippen LogP) is 4.46. The van der Waals surface area contributed by atoms with Crippen molar-refractivity contribution in [3.05, 3.63) is 46.3 Å². The van der Waals surface area contributed by atoms with Gasteiger partial charge in [0.25, 0.3) is 0 Å². The third-order valence-electron chi connectivity index (χ3n) is 5.31. The Morgan fingerprint density at radius 1 is 1.25 bits per heavy atom. The van der Waals surface area contributed by atoms with Crippen molar-refractivity contribution < 1.29 is 23.1 Å². The third-order valence-corrected chi connectivity index (χ3v) is 5.31. The lowest BCUT2D eigenvalue weighted by Gasteiger charge is -2.35. The Bertz CT molecular complexity index is 921. The number of alkyl halides is 2. The van der Waals surface area contributed by atoms with E-state index in [-0.39, 0.29) is 17.3 Å². The lowest BCUT2D eigenvalue weighted by molar-refractivity contribution is -0.0498. The normalized spacial score (nSPS) is 14.8. The molecule has 3 rings (SSSR count). The molecule has 0 bridgehead atoms. The summed E-state index contributed by atoms with van der Waals surface area (Å²) >= 11 is 0. The van der Waals surface area contributed by atoms with Crippen LogP contribution in [0.25, 0.3) is 0 Å². The van der Waals surface area contributed by atoms with Crippen LogP contribution in [0, 0.1) is 13.8 Å². The van der Waals surface area contributed by atoms with E-state index >= 15 is 0 Å². The monoisotopic (exact) mass is 390 g/mol. The van der Waals surface area contributed by atoms with Crippen LogP contribution < -0.4 is 9.64 Å². The zero-order chi connectivity index (χ0) is 20.6. The highest BCUT2D eigenvalue weighted by Gasteiger charge is 2.30. The van der Waals surface area contributed by atoms with E-state index in [2.05, 4.69) is 9.72 Å². The van der Waals surface area contributed by atoms with Gasteiger partial charge in [-0.3, -0.25) is 9.59 Å². The van der Waals surface area contributed by atoms with Crippen LogP contribution in [0.5, 0.6) is 5.75 Å². The third kappa shape index (κ3) is 3.66. The first-order chi connectivity index (χ1) is 13.2. The highest BCUT2D eigenvalue weighted by Crippen LogP contribution is 2.33. The number of benzene rings is 1. The smallest absolute Gasteiger partial charge is 0.387 e. The fourth-order valence-electron chi connectivity index (χ4n) is 4.06. The van der Waals surface area contributed by atoms with Gasteiger partial charge in [0, 0.05) is 23.5 Å². The van der Waals surface area contributed by atoms with Gasteiger partial charge in [-0.1, -0.05) is 0 Å². The fraction of sp³-hybridized carbons (Fsp3) is 0.429. The van der Waals surface area contributed by atoms with Crippen molar-refractivity contribution in [1.82, 2.24) is 4.98 Å². The molecule has 2 aromatic rings. The molecule has 2 heterocycles. The number of aromatic nitrogens is 1. The number of nitrogens with zero attached hydrogens (tertiary/aromatic N) is 1. The Morgan fingerprint density at radius 2 is 1.96 bits per heavy atom. The molecule has 28 heavy (non-hydrogen) atoms. The van der Waals surface area contributed by atoms with E-state index < -0.39 is 12.7 Å². The largest absolute Gasteiger partial charge is 0.435 e. The van der Waals surface area contributed by atoms with Gasteiger partial charge >= 0.3 is 6.61 Å². The molecule has 0 amide bonds. The predicted molar refractivity (Wildman–Crippen MR) is 103 cm³/mol. The zero-order valence-corrected chi connectivity index (χ0v) is 16.4. The van der Waals surface area contributed by atoms with Gasteiger partial charge in [-0.15, -0.1) is 0 Å². The molecule has 1 atom stereocenters. The van der Waals surface area contributed by atoms with Crippen LogP contribution in [-0.4, -0.2) is 35.7 Å². The highest BCUT2D eigenvalue weighted by molar-refractivity contribution is 6.06. The lowest BCUT2D eigenvalue weighted by Crippen LogP contribution is -2.42. The number of nitrogens with one attached hydrogen (secondary N) is 1. The summed E-state index contributed by atoms with van der Waals surface area (Å²) in [5.41, 5.74) is 4.09. The van der Waals surface area contributed by atoms with Gasteiger partial charge in [0.05, 0.1) is 11.7 Å². The Morgan fingerprint density at radius 3 is 2.57 bits per heavy atom. The second kappa shape index (κ2) is 7.73. The molecule has 1 aromatic carbocycles. The molecule has 0 saturated carbocycles. The molecular weight excluding hydrogens is 366 g/mol. The number of aromatic amines is 1. The number of Topliss-reactive ketones (excluding diaryl/α,β-unsaturated/α-hetero) is 2. The van der Waals surface area contributed by atoms with Crippen LogP contribution >= 0.6 is 0 Å². The number of ether oxygens (including phenoxy) is 1. The number of aryl methyl sites for hydroxylation is 2. The van der Waals surface area contributed by atoms with E-state index in [1.165, 1.54) is 13.0 Å². The zero-order valence-electron chi connectivity index (χ0n) is 16.4. The maximum absolute atomic E-state index is 13.2. The first kappa shape index (κ1) is 20.0. The number of fused-ring (bicyclic) bond motifs is 1. The molecule has 7 heteroatoms. The summed E-state index contributed by atoms with van der Waals surface area (Å²) in [7, 11) is 0. The van der Waals surface area contributed by atoms with E-state index in [4.69, 9.17) is 0 Å². The first-order valence-corrected chi connectivity index (χ1v) is 9.29. The number of anilines is 1. The second-order valence-corrected chi connectivity index (χ2v) is 7.19. The summed E-state index contributed by atoms with van der Waals surface area (Å²) < 4.78 is 29.4. The number of ketones is 2. The quantitative estimate of drug-likeness (QED) is 0.740. The van der Waals surface area contributed by atoms with Crippen LogP contribution in [0.1, 0.15) is 57.9 Å². The van der Waals surface area contributed by atoms with Crippen LogP contribution in [0.15, 0.2) is 18.2 Å². The molecule has 1 N–H and O–H groups in total. The topological polar surface area (TPSA) is 62.4 Å². The number of H-pyrrole nitrogens is 1. The van der Waals surface area contributed by atoms with E-state index in [1.807, 2.05) is 11.8 Å². The van der Waals surface area contributed by atoms with Gasteiger partial charge in [0.1, 0.15) is 5.75 Å². The Labute approximate surface area is 162 Å². The molecule has 1 aromatic heterocycles. The van der Waals surface area contributed by atoms with Gasteiger partial charge in [0.2, 0.25) is 5.78 Å². The summed E-state index contributed by atoms with van der Waals surface area (Å²) in [6.07, 6.45) is 1.55. The van der Waals surface area contributed by atoms with Crippen molar-refractivity contribution in [2.75, 3.05) is 11.4 Å². The Kier molecular flexibility index (Phi) is 5.54. The SMILES string of the molecule is CC(=O)c1c(C)[nH]c(C(=O)[C@@H](C)N2CCCc3cc(OC(F)F)ccc32)c1C. The van der Waals surface area contributed by atoms with E-state index in [1.54, 1.807) is 26.0 Å². The Balaban J connectivity index is 1.90. The summed E-state index contributed by atoms with van der Waals surface area (Å²) in [5.74, 6) is -0.0572.